The highest BCUT2D eigenvalue weighted by atomic mass is 16.5. The van der Waals surface area contributed by atoms with Gasteiger partial charge in [0.1, 0.15) is 0 Å². The molecule has 6 nitrogen and oxygen atoms in total. The number of guanidine groups is 1. The minimum atomic E-state index is 0.631. The molecule has 0 radical (unpaired) electrons. The van der Waals surface area contributed by atoms with Crippen LogP contribution in [0.15, 0.2) is 23.3 Å². The van der Waals surface area contributed by atoms with Gasteiger partial charge in [-0.05, 0) is 49.9 Å². The first-order valence-electron chi connectivity index (χ1n) is 10.0. The number of hydrogen-bond donors (Lipinski definition) is 1. The van der Waals surface area contributed by atoms with Gasteiger partial charge < -0.3 is 15.0 Å². The first-order valence-corrected chi connectivity index (χ1v) is 10.0. The molecule has 1 atom stereocenters. The fourth-order valence-corrected chi connectivity index (χ4v) is 3.61. The smallest absolute Gasteiger partial charge is 0.213 e. The molecule has 2 aliphatic rings. The van der Waals surface area contributed by atoms with Crippen LogP contribution in [0.1, 0.15) is 38.7 Å². The Morgan fingerprint density at radius 1 is 1.35 bits per heavy atom. The lowest BCUT2D eigenvalue weighted by atomic mass is 10.2. The Bertz CT molecular complexity index is 598. The molecule has 1 saturated carbocycles. The van der Waals surface area contributed by atoms with Gasteiger partial charge in [0.2, 0.25) is 5.88 Å². The summed E-state index contributed by atoms with van der Waals surface area (Å²) in [6, 6.07) is 4.70. The highest BCUT2D eigenvalue weighted by Crippen LogP contribution is 2.29. The second-order valence-electron chi connectivity index (χ2n) is 7.27. The number of pyridine rings is 1. The highest BCUT2D eigenvalue weighted by Gasteiger charge is 2.28. The maximum Gasteiger partial charge on any atom is 0.213 e. The molecule has 1 aromatic heterocycles. The zero-order valence-electron chi connectivity index (χ0n) is 16.4. The van der Waals surface area contributed by atoms with Gasteiger partial charge in [0, 0.05) is 45.0 Å². The van der Waals surface area contributed by atoms with Gasteiger partial charge in [-0.25, -0.2) is 4.98 Å². The molecule has 2 heterocycles. The molecule has 1 aromatic rings. The van der Waals surface area contributed by atoms with Crippen LogP contribution in [0.3, 0.4) is 0 Å². The number of aromatic nitrogens is 1. The van der Waals surface area contributed by atoms with Crippen molar-refractivity contribution in [2.75, 3.05) is 39.8 Å². The molecule has 144 valence electrons. The van der Waals surface area contributed by atoms with Gasteiger partial charge in [-0.15, -0.1) is 0 Å². The monoisotopic (exact) mass is 359 g/mol. The van der Waals surface area contributed by atoms with Crippen molar-refractivity contribution in [2.45, 2.75) is 45.7 Å². The number of likely N-dealkylation sites (N-methyl/N-ethyl adjacent to an activating group) is 1. The van der Waals surface area contributed by atoms with Gasteiger partial charge in [0.25, 0.3) is 0 Å². The van der Waals surface area contributed by atoms with E-state index in [1.807, 2.05) is 25.4 Å². The fraction of sp³-hybridized carbons (Fsp3) is 0.700. The van der Waals surface area contributed by atoms with Crippen LogP contribution in [0, 0.1) is 5.92 Å². The third-order valence-electron chi connectivity index (χ3n) is 5.42. The summed E-state index contributed by atoms with van der Waals surface area (Å²) < 4.78 is 5.78. The summed E-state index contributed by atoms with van der Waals surface area (Å²) in [5, 5.41) is 3.50. The van der Waals surface area contributed by atoms with Crippen molar-refractivity contribution in [3.63, 3.8) is 0 Å². The normalized spacial score (nSPS) is 20.7. The van der Waals surface area contributed by atoms with Crippen molar-refractivity contribution in [1.29, 1.82) is 0 Å². The van der Waals surface area contributed by atoms with E-state index in [0.29, 0.717) is 6.04 Å². The number of hydrogen-bond acceptors (Lipinski definition) is 4. The Morgan fingerprint density at radius 3 is 2.85 bits per heavy atom. The minimum absolute atomic E-state index is 0.631. The molecule has 1 N–H and O–H groups in total. The van der Waals surface area contributed by atoms with Gasteiger partial charge in [-0.1, -0.05) is 13.8 Å². The topological polar surface area (TPSA) is 53.0 Å². The van der Waals surface area contributed by atoms with Crippen LogP contribution < -0.4 is 10.1 Å². The quantitative estimate of drug-likeness (QED) is 0.570. The summed E-state index contributed by atoms with van der Waals surface area (Å²) in [5.41, 5.74) is 1.17. The van der Waals surface area contributed by atoms with Gasteiger partial charge in [0.05, 0.1) is 6.61 Å². The minimum Gasteiger partial charge on any atom is -0.477 e. The molecule has 1 aliphatic carbocycles. The lowest BCUT2D eigenvalue weighted by Gasteiger charge is -2.27. The zero-order valence-corrected chi connectivity index (χ0v) is 16.4. The van der Waals surface area contributed by atoms with E-state index in [4.69, 9.17) is 4.74 Å². The van der Waals surface area contributed by atoms with E-state index in [9.17, 15) is 0 Å². The first kappa shape index (κ1) is 19.0. The van der Waals surface area contributed by atoms with E-state index in [2.05, 4.69) is 38.9 Å². The summed E-state index contributed by atoms with van der Waals surface area (Å²) in [5.74, 6) is 2.46. The van der Waals surface area contributed by atoms with Gasteiger partial charge in [-0.2, -0.15) is 0 Å². The first-order chi connectivity index (χ1) is 12.7. The van der Waals surface area contributed by atoms with Crippen molar-refractivity contribution in [2.24, 2.45) is 10.9 Å². The summed E-state index contributed by atoms with van der Waals surface area (Å²) in [6.45, 7) is 10.4. The third-order valence-corrected chi connectivity index (χ3v) is 5.42. The largest absolute Gasteiger partial charge is 0.477 e. The van der Waals surface area contributed by atoms with Gasteiger partial charge >= 0.3 is 0 Å². The molecular formula is C20H33N5O. The third kappa shape index (κ3) is 5.10. The summed E-state index contributed by atoms with van der Waals surface area (Å²) in [6.07, 6.45) is 5.62. The van der Waals surface area contributed by atoms with E-state index in [-0.39, 0.29) is 0 Å². The Hall–Kier alpha value is -1.82. The van der Waals surface area contributed by atoms with Gasteiger partial charge in [0.15, 0.2) is 5.96 Å². The Labute approximate surface area is 157 Å². The Kier molecular flexibility index (Phi) is 6.72. The average molecular weight is 360 g/mol. The van der Waals surface area contributed by atoms with E-state index in [1.54, 1.807) is 0 Å². The molecular weight excluding hydrogens is 326 g/mol. The van der Waals surface area contributed by atoms with E-state index in [0.717, 1.165) is 57.1 Å². The molecule has 0 bridgehead atoms. The Balaban J connectivity index is 1.50. The van der Waals surface area contributed by atoms with Crippen molar-refractivity contribution >= 4 is 5.96 Å². The number of likely N-dealkylation sites (tertiary alicyclic amines) is 1. The van der Waals surface area contributed by atoms with Crippen LogP contribution in [0.4, 0.5) is 0 Å². The molecule has 3 rings (SSSR count). The second-order valence-corrected chi connectivity index (χ2v) is 7.27. The van der Waals surface area contributed by atoms with E-state index >= 15 is 0 Å². The van der Waals surface area contributed by atoms with Crippen LogP contribution in [-0.4, -0.2) is 66.6 Å². The van der Waals surface area contributed by atoms with Crippen LogP contribution in [-0.2, 0) is 6.54 Å². The lowest BCUT2D eigenvalue weighted by molar-refractivity contribution is 0.223. The zero-order chi connectivity index (χ0) is 18.4. The summed E-state index contributed by atoms with van der Waals surface area (Å²) in [7, 11) is 1.86. The summed E-state index contributed by atoms with van der Waals surface area (Å²) >= 11 is 0. The SMILES string of the molecule is CCN(CC)C1CCN(C(=NC)NCc2ccnc(OCC3CC3)c2)C1. The molecule has 26 heavy (non-hydrogen) atoms. The predicted molar refractivity (Wildman–Crippen MR) is 106 cm³/mol. The Morgan fingerprint density at radius 2 is 2.15 bits per heavy atom. The maximum atomic E-state index is 5.78. The number of nitrogens with one attached hydrogen (secondary N) is 1. The maximum absolute atomic E-state index is 5.78. The van der Waals surface area contributed by atoms with Crippen molar-refractivity contribution in [3.05, 3.63) is 23.9 Å². The second kappa shape index (κ2) is 9.21. The lowest BCUT2D eigenvalue weighted by Crippen LogP contribution is -2.43. The number of ether oxygens (including phenoxy) is 1. The molecule has 1 aliphatic heterocycles. The van der Waals surface area contributed by atoms with E-state index < -0.39 is 0 Å². The number of rotatable bonds is 8. The van der Waals surface area contributed by atoms with Crippen LogP contribution >= 0.6 is 0 Å². The standard InChI is InChI=1S/C20H33N5O/c1-4-24(5-2)18-9-11-25(14-18)20(21-3)23-13-17-8-10-22-19(12-17)26-15-16-6-7-16/h8,10,12,16,18H,4-7,9,11,13-15H2,1-3H3,(H,21,23). The number of nitrogens with zero attached hydrogens (tertiary/aromatic N) is 4. The molecule has 0 aromatic carbocycles. The molecule has 1 unspecified atom stereocenters. The van der Waals surface area contributed by atoms with Crippen molar-refractivity contribution < 1.29 is 4.74 Å². The molecule has 0 spiro atoms. The van der Waals surface area contributed by atoms with E-state index in [1.165, 1.54) is 24.8 Å². The van der Waals surface area contributed by atoms with Crippen LogP contribution in [0.25, 0.3) is 0 Å². The average Bonchev–Trinajstić information content (AvgIpc) is 3.39. The van der Waals surface area contributed by atoms with Crippen molar-refractivity contribution in [1.82, 2.24) is 20.1 Å². The molecule has 1 saturated heterocycles. The van der Waals surface area contributed by atoms with Crippen molar-refractivity contribution in [3.8, 4) is 5.88 Å². The molecule has 2 fully saturated rings. The fourth-order valence-electron chi connectivity index (χ4n) is 3.61. The van der Waals surface area contributed by atoms with Crippen LogP contribution in [0.5, 0.6) is 5.88 Å². The van der Waals surface area contributed by atoms with Gasteiger partial charge in [-0.3, -0.25) is 9.89 Å². The van der Waals surface area contributed by atoms with Crippen LogP contribution in [0.2, 0.25) is 0 Å². The number of aliphatic imine (C=N–C) groups is 1. The highest BCUT2D eigenvalue weighted by molar-refractivity contribution is 5.80. The predicted octanol–water partition coefficient (Wildman–Crippen LogP) is 2.36. The summed E-state index contributed by atoms with van der Waals surface area (Å²) in [4.78, 5) is 13.7. The molecule has 6 heteroatoms. The molecule has 0 amide bonds.